The molecular formula is C15H23N3O2. The number of likely N-dealkylation sites (tertiary alicyclic amines) is 1. The number of para-hydroxylation sites is 1. The van der Waals surface area contributed by atoms with Gasteiger partial charge in [-0.3, -0.25) is 4.79 Å². The molecule has 5 nitrogen and oxygen atoms in total. The Balaban J connectivity index is 1.80. The van der Waals surface area contributed by atoms with Crippen LogP contribution in [-0.4, -0.2) is 41.7 Å². The summed E-state index contributed by atoms with van der Waals surface area (Å²) in [6.45, 7) is 2.73. The quantitative estimate of drug-likeness (QED) is 0.748. The standard InChI is InChI=1S/C15H23N3O2/c16-10-12-4-1-2-6-14(12)17-15(20)7-9-18-8-3-5-13(19)11-18/h1-2,4,6,13,19H,3,5,7-11,16H2,(H,17,20). The second-order valence-electron chi connectivity index (χ2n) is 5.26. The number of carbonyl (C=O) groups is 1. The van der Waals surface area contributed by atoms with Crippen molar-refractivity contribution in [2.45, 2.75) is 31.9 Å². The van der Waals surface area contributed by atoms with Crippen molar-refractivity contribution in [3.8, 4) is 0 Å². The van der Waals surface area contributed by atoms with E-state index < -0.39 is 0 Å². The number of nitrogens with one attached hydrogen (secondary N) is 1. The van der Waals surface area contributed by atoms with Gasteiger partial charge in [0, 0.05) is 31.7 Å². The Labute approximate surface area is 119 Å². The minimum absolute atomic E-state index is 0.00837. The van der Waals surface area contributed by atoms with Crippen molar-refractivity contribution in [1.29, 1.82) is 0 Å². The molecule has 0 bridgehead atoms. The van der Waals surface area contributed by atoms with E-state index in [4.69, 9.17) is 5.73 Å². The van der Waals surface area contributed by atoms with Gasteiger partial charge in [-0.1, -0.05) is 18.2 Å². The predicted molar refractivity (Wildman–Crippen MR) is 79.3 cm³/mol. The van der Waals surface area contributed by atoms with Gasteiger partial charge in [0.2, 0.25) is 5.91 Å². The molecule has 1 aliphatic rings. The van der Waals surface area contributed by atoms with Crippen LogP contribution in [0.25, 0.3) is 0 Å². The third-order valence-electron chi connectivity index (χ3n) is 3.65. The average molecular weight is 277 g/mol. The van der Waals surface area contributed by atoms with Crippen LogP contribution < -0.4 is 11.1 Å². The number of anilines is 1. The number of piperidine rings is 1. The number of amides is 1. The topological polar surface area (TPSA) is 78.6 Å². The molecule has 20 heavy (non-hydrogen) atoms. The van der Waals surface area contributed by atoms with E-state index in [0.717, 1.165) is 30.6 Å². The first-order valence-electron chi connectivity index (χ1n) is 7.17. The highest BCUT2D eigenvalue weighted by Crippen LogP contribution is 2.15. The highest BCUT2D eigenvalue weighted by Gasteiger charge is 2.18. The summed E-state index contributed by atoms with van der Waals surface area (Å²) in [4.78, 5) is 14.1. The second-order valence-corrected chi connectivity index (χ2v) is 5.26. The fourth-order valence-electron chi connectivity index (χ4n) is 2.53. The number of nitrogens with zero attached hydrogens (tertiary/aromatic N) is 1. The van der Waals surface area contributed by atoms with Crippen molar-refractivity contribution in [1.82, 2.24) is 4.90 Å². The third-order valence-corrected chi connectivity index (χ3v) is 3.65. The molecular weight excluding hydrogens is 254 g/mol. The first kappa shape index (κ1) is 15.0. The molecule has 1 unspecified atom stereocenters. The van der Waals surface area contributed by atoms with Crippen LogP contribution in [0, 0.1) is 0 Å². The van der Waals surface area contributed by atoms with Crippen molar-refractivity contribution >= 4 is 11.6 Å². The Kier molecular flexibility index (Phi) is 5.52. The largest absolute Gasteiger partial charge is 0.392 e. The van der Waals surface area contributed by atoms with Crippen LogP contribution in [0.15, 0.2) is 24.3 Å². The van der Waals surface area contributed by atoms with Crippen LogP contribution in [0.1, 0.15) is 24.8 Å². The number of hydrogen-bond donors (Lipinski definition) is 3. The first-order valence-corrected chi connectivity index (χ1v) is 7.17. The Morgan fingerprint density at radius 3 is 3.00 bits per heavy atom. The van der Waals surface area contributed by atoms with Gasteiger partial charge in [0.05, 0.1) is 6.10 Å². The van der Waals surface area contributed by atoms with Gasteiger partial charge in [-0.15, -0.1) is 0 Å². The molecule has 1 atom stereocenters. The summed E-state index contributed by atoms with van der Waals surface area (Å²) in [5, 5.41) is 12.5. The molecule has 5 heteroatoms. The minimum Gasteiger partial charge on any atom is -0.392 e. The van der Waals surface area contributed by atoms with E-state index in [2.05, 4.69) is 10.2 Å². The van der Waals surface area contributed by atoms with Gasteiger partial charge in [-0.25, -0.2) is 0 Å². The number of rotatable bonds is 5. The van der Waals surface area contributed by atoms with E-state index in [1.54, 1.807) is 0 Å². The molecule has 1 aliphatic heterocycles. The van der Waals surface area contributed by atoms with Gasteiger partial charge in [-0.2, -0.15) is 0 Å². The summed E-state index contributed by atoms with van der Waals surface area (Å²) >= 11 is 0. The summed E-state index contributed by atoms with van der Waals surface area (Å²) in [5.74, 6) is -0.00837. The Morgan fingerprint density at radius 2 is 2.25 bits per heavy atom. The fraction of sp³-hybridized carbons (Fsp3) is 0.533. The normalized spacial score (nSPS) is 19.8. The van der Waals surface area contributed by atoms with Crippen molar-refractivity contribution < 1.29 is 9.90 Å². The maximum absolute atomic E-state index is 12.0. The van der Waals surface area contributed by atoms with Crippen LogP contribution in [0.3, 0.4) is 0 Å². The molecule has 1 aromatic carbocycles. The van der Waals surface area contributed by atoms with Gasteiger partial charge in [0.1, 0.15) is 0 Å². The maximum atomic E-state index is 12.0. The number of carbonyl (C=O) groups excluding carboxylic acids is 1. The monoisotopic (exact) mass is 277 g/mol. The van der Waals surface area contributed by atoms with Gasteiger partial charge in [0.25, 0.3) is 0 Å². The van der Waals surface area contributed by atoms with Crippen molar-refractivity contribution in [3.63, 3.8) is 0 Å². The van der Waals surface area contributed by atoms with Gasteiger partial charge in [-0.05, 0) is 31.0 Å². The number of aliphatic hydroxyl groups excluding tert-OH is 1. The van der Waals surface area contributed by atoms with Crippen LogP contribution in [0.5, 0.6) is 0 Å². The SMILES string of the molecule is NCc1ccccc1NC(=O)CCN1CCCC(O)C1. The van der Waals surface area contributed by atoms with Gasteiger partial charge in [0.15, 0.2) is 0 Å². The minimum atomic E-state index is -0.246. The molecule has 1 aromatic rings. The number of nitrogens with two attached hydrogens (primary N) is 1. The number of β-amino-alcohol motifs (C(OH)–C–C–N with tert-alkyl or cyclic N) is 1. The number of hydrogen-bond acceptors (Lipinski definition) is 4. The van der Waals surface area contributed by atoms with E-state index in [9.17, 15) is 9.90 Å². The third kappa shape index (κ3) is 4.30. The molecule has 1 fully saturated rings. The lowest BCUT2D eigenvalue weighted by molar-refractivity contribution is -0.116. The molecule has 0 aromatic heterocycles. The van der Waals surface area contributed by atoms with E-state index in [1.807, 2.05) is 24.3 Å². The zero-order valence-electron chi connectivity index (χ0n) is 11.7. The second kappa shape index (κ2) is 7.38. The molecule has 1 amide bonds. The van der Waals surface area contributed by atoms with Gasteiger partial charge >= 0.3 is 0 Å². The van der Waals surface area contributed by atoms with Crippen LogP contribution in [0.4, 0.5) is 5.69 Å². The molecule has 1 saturated heterocycles. The molecule has 0 saturated carbocycles. The van der Waals surface area contributed by atoms with E-state index in [1.165, 1.54) is 0 Å². The molecule has 4 N–H and O–H groups in total. The van der Waals surface area contributed by atoms with Crippen molar-refractivity contribution in [3.05, 3.63) is 29.8 Å². The Hall–Kier alpha value is -1.43. The fourth-order valence-corrected chi connectivity index (χ4v) is 2.53. The van der Waals surface area contributed by atoms with Crippen molar-refractivity contribution in [2.75, 3.05) is 25.0 Å². The summed E-state index contributed by atoms with van der Waals surface area (Å²) in [6.07, 6.45) is 2.06. The van der Waals surface area contributed by atoms with Crippen LogP contribution >= 0.6 is 0 Å². The number of benzene rings is 1. The molecule has 0 aliphatic carbocycles. The predicted octanol–water partition coefficient (Wildman–Crippen LogP) is 0.931. The highest BCUT2D eigenvalue weighted by atomic mass is 16.3. The van der Waals surface area contributed by atoms with Gasteiger partial charge < -0.3 is 21.1 Å². The van der Waals surface area contributed by atoms with E-state index >= 15 is 0 Å². The highest BCUT2D eigenvalue weighted by molar-refractivity contribution is 5.91. The lowest BCUT2D eigenvalue weighted by atomic mass is 10.1. The van der Waals surface area contributed by atoms with E-state index in [0.29, 0.717) is 26.1 Å². The van der Waals surface area contributed by atoms with Crippen LogP contribution in [0.2, 0.25) is 0 Å². The Bertz CT molecular complexity index is 450. The van der Waals surface area contributed by atoms with Crippen LogP contribution in [-0.2, 0) is 11.3 Å². The summed E-state index contributed by atoms with van der Waals surface area (Å²) < 4.78 is 0. The molecule has 0 radical (unpaired) electrons. The Morgan fingerprint density at radius 1 is 1.45 bits per heavy atom. The summed E-state index contributed by atoms with van der Waals surface area (Å²) in [6, 6.07) is 7.57. The smallest absolute Gasteiger partial charge is 0.225 e. The molecule has 0 spiro atoms. The first-order chi connectivity index (χ1) is 9.69. The molecule has 110 valence electrons. The van der Waals surface area contributed by atoms with E-state index in [-0.39, 0.29) is 12.0 Å². The number of aliphatic hydroxyl groups is 1. The lowest BCUT2D eigenvalue weighted by Gasteiger charge is -2.29. The summed E-state index contributed by atoms with van der Waals surface area (Å²) in [7, 11) is 0. The van der Waals surface area contributed by atoms with Crippen molar-refractivity contribution in [2.24, 2.45) is 5.73 Å². The maximum Gasteiger partial charge on any atom is 0.225 e. The molecule has 2 rings (SSSR count). The molecule has 1 heterocycles. The average Bonchev–Trinajstić information content (AvgIpc) is 2.46. The zero-order valence-corrected chi connectivity index (χ0v) is 11.7. The summed E-state index contributed by atoms with van der Waals surface area (Å²) in [5.41, 5.74) is 7.37. The lowest BCUT2D eigenvalue weighted by Crippen LogP contribution is -2.39. The zero-order chi connectivity index (χ0) is 14.4.